The fraction of sp³-hybridized carbons (Fsp3) is 0.250. The van der Waals surface area contributed by atoms with Crippen molar-refractivity contribution in [2.24, 2.45) is 0 Å². The minimum atomic E-state index is -0.128. The molecular weight excluding hydrogens is 274 g/mol. The molecule has 2 aromatic carbocycles. The van der Waals surface area contributed by atoms with Gasteiger partial charge in [-0.15, -0.1) is 0 Å². The normalized spacial score (nSPS) is 12.2. The molecule has 2 rings (SSSR count). The summed E-state index contributed by atoms with van der Waals surface area (Å²) in [6, 6.07) is 15.3. The van der Waals surface area contributed by atoms with E-state index in [0.717, 1.165) is 16.9 Å². The van der Waals surface area contributed by atoms with Crippen LogP contribution in [0.5, 0.6) is 5.75 Å². The van der Waals surface area contributed by atoms with Gasteiger partial charge in [-0.3, -0.25) is 0 Å². The molecule has 0 aliphatic rings. The van der Waals surface area contributed by atoms with E-state index in [1.54, 1.807) is 7.11 Å². The van der Waals surface area contributed by atoms with Gasteiger partial charge in [0.15, 0.2) is 0 Å². The predicted molar refractivity (Wildman–Crippen MR) is 81.1 cm³/mol. The van der Waals surface area contributed by atoms with Crippen molar-refractivity contribution in [3.63, 3.8) is 0 Å². The van der Waals surface area contributed by atoms with Gasteiger partial charge in [0.1, 0.15) is 5.75 Å². The van der Waals surface area contributed by atoms with Crippen LogP contribution < -0.4 is 10.1 Å². The Kier molecular flexibility index (Phi) is 5.41. The quantitative estimate of drug-likeness (QED) is 0.859. The van der Waals surface area contributed by atoms with Crippen LogP contribution in [-0.2, 0) is 6.54 Å². The van der Waals surface area contributed by atoms with Crippen molar-refractivity contribution in [1.82, 2.24) is 5.32 Å². The molecule has 0 unspecified atom stereocenters. The highest BCUT2D eigenvalue weighted by atomic mass is 35.5. The molecule has 0 saturated heterocycles. The maximum Gasteiger partial charge on any atom is 0.124 e. The molecule has 0 amide bonds. The summed E-state index contributed by atoms with van der Waals surface area (Å²) >= 11 is 6.20. The summed E-state index contributed by atoms with van der Waals surface area (Å²) in [7, 11) is 1.62. The molecule has 1 atom stereocenters. The van der Waals surface area contributed by atoms with Crippen molar-refractivity contribution in [2.45, 2.75) is 12.6 Å². The van der Waals surface area contributed by atoms with Gasteiger partial charge in [0, 0.05) is 17.1 Å². The largest absolute Gasteiger partial charge is 0.496 e. The molecule has 20 heavy (non-hydrogen) atoms. The molecule has 2 N–H and O–H groups in total. The lowest BCUT2D eigenvalue weighted by atomic mass is 10.1. The monoisotopic (exact) mass is 291 g/mol. The standard InChI is InChI=1S/C16H18ClNO2/c1-20-16-9-5-8-14(17)13(16)10-18-15(11-19)12-6-3-2-4-7-12/h2-9,15,18-19H,10-11H2,1H3/t15-/m1/s1. The van der Waals surface area contributed by atoms with Crippen LogP contribution in [0.4, 0.5) is 0 Å². The Morgan fingerprint density at radius 2 is 1.90 bits per heavy atom. The van der Waals surface area contributed by atoms with Gasteiger partial charge in [-0.1, -0.05) is 48.0 Å². The average Bonchev–Trinajstić information content (AvgIpc) is 2.50. The molecular formula is C16H18ClNO2. The summed E-state index contributed by atoms with van der Waals surface area (Å²) in [5.74, 6) is 0.745. The molecule has 0 aliphatic heterocycles. The first kappa shape index (κ1) is 14.9. The number of aliphatic hydroxyl groups is 1. The summed E-state index contributed by atoms with van der Waals surface area (Å²) in [6.45, 7) is 0.555. The van der Waals surface area contributed by atoms with Crippen LogP contribution in [0.1, 0.15) is 17.2 Å². The Labute approximate surface area is 124 Å². The van der Waals surface area contributed by atoms with Gasteiger partial charge in [-0.25, -0.2) is 0 Å². The van der Waals surface area contributed by atoms with Crippen molar-refractivity contribution in [3.8, 4) is 5.75 Å². The number of methoxy groups -OCH3 is 1. The van der Waals surface area contributed by atoms with E-state index in [1.807, 2.05) is 48.5 Å². The Bertz CT molecular complexity index is 545. The van der Waals surface area contributed by atoms with Crippen molar-refractivity contribution < 1.29 is 9.84 Å². The van der Waals surface area contributed by atoms with Gasteiger partial charge in [0.25, 0.3) is 0 Å². The van der Waals surface area contributed by atoms with E-state index < -0.39 is 0 Å². The number of aliphatic hydroxyl groups excluding tert-OH is 1. The zero-order valence-corrected chi connectivity index (χ0v) is 12.1. The zero-order valence-electron chi connectivity index (χ0n) is 11.3. The van der Waals surface area contributed by atoms with Crippen LogP contribution in [0.3, 0.4) is 0 Å². The third-order valence-electron chi connectivity index (χ3n) is 3.21. The lowest BCUT2D eigenvalue weighted by molar-refractivity contribution is 0.243. The summed E-state index contributed by atoms with van der Waals surface area (Å²) in [4.78, 5) is 0. The molecule has 0 bridgehead atoms. The predicted octanol–water partition coefficient (Wildman–Crippen LogP) is 3.17. The Morgan fingerprint density at radius 3 is 2.55 bits per heavy atom. The van der Waals surface area contributed by atoms with E-state index in [1.165, 1.54) is 0 Å². The van der Waals surface area contributed by atoms with E-state index in [0.29, 0.717) is 11.6 Å². The fourth-order valence-corrected chi connectivity index (χ4v) is 2.33. The number of halogens is 1. The van der Waals surface area contributed by atoms with Gasteiger partial charge < -0.3 is 15.2 Å². The van der Waals surface area contributed by atoms with Gasteiger partial charge in [-0.05, 0) is 17.7 Å². The van der Waals surface area contributed by atoms with Crippen LogP contribution in [0.15, 0.2) is 48.5 Å². The van der Waals surface area contributed by atoms with E-state index in [9.17, 15) is 5.11 Å². The van der Waals surface area contributed by atoms with Crippen molar-refractivity contribution in [3.05, 3.63) is 64.7 Å². The van der Waals surface area contributed by atoms with Crippen LogP contribution in [0.25, 0.3) is 0 Å². The summed E-state index contributed by atoms with van der Waals surface area (Å²) in [6.07, 6.45) is 0. The second kappa shape index (κ2) is 7.29. The topological polar surface area (TPSA) is 41.5 Å². The molecule has 0 aliphatic carbocycles. The minimum Gasteiger partial charge on any atom is -0.496 e. The number of hydrogen-bond acceptors (Lipinski definition) is 3. The van der Waals surface area contributed by atoms with E-state index in [4.69, 9.17) is 16.3 Å². The smallest absolute Gasteiger partial charge is 0.124 e. The molecule has 0 saturated carbocycles. The van der Waals surface area contributed by atoms with Gasteiger partial charge in [0.2, 0.25) is 0 Å². The summed E-state index contributed by atoms with van der Waals surface area (Å²) in [5, 5.41) is 13.5. The molecule has 0 spiro atoms. The average molecular weight is 292 g/mol. The molecule has 0 aromatic heterocycles. The van der Waals surface area contributed by atoms with Gasteiger partial charge in [-0.2, -0.15) is 0 Å². The minimum absolute atomic E-state index is 0.0246. The number of ether oxygens (including phenoxy) is 1. The number of nitrogens with one attached hydrogen (secondary N) is 1. The fourth-order valence-electron chi connectivity index (χ4n) is 2.10. The first-order valence-electron chi connectivity index (χ1n) is 6.46. The third-order valence-corrected chi connectivity index (χ3v) is 3.56. The maximum absolute atomic E-state index is 9.53. The first-order chi connectivity index (χ1) is 9.76. The molecule has 0 fully saturated rings. The van der Waals surface area contributed by atoms with Gasteiger partial charge >= 0.3 is 0 Å². The van der Waals surface area contributed by atoms with Crippen LogP contribution >= 0.6 is 11.6 Å². The lowest BCUT2D eigenvalue weighted by Crippen LogP contribution is -2.24. The molecule has 0 radical (unpaired) electrons. The summed E-state index contributed by atoms with van der Waals surface area (Å²) < 4.78 is 5.31. The second-order valence-electron chi connectivity index (χ2n) is 4.45. The highest BCUT2D eigenvalue weighted by Gasteiger charge is 2.12. The molecule has 2 aromatic rings. The third kappa shape index (κ3) is 3.51. The second-order valence-corrected chi connectivity index (χ2v) is 4.85. The number of hydrogen-bond donors (Lipinski definition) is 2. The van der Waals surface area contributed by atoms with E-state index in [2.05, 4.69) is 5.32 Å². The molecule has 0 heterocycles. The maximum atomic E-state index is 9.53. The SMILES string of the molecule is COc1cccc(Cl)c1CN[C@H](CO)c1ccccc1. The lowest BCUT2D eigenvalue weighted by Gasteiger charge is -2.18. The van der Waals surface area contributed by atoms with Crippen molar-refractivity contribution >= 4 is 11.6 Å². The zero-order chi connectivity index (χ0) is 14.4. The molecule has 3 nitrogen and oxygen atoms in total. The van der Waals surface area contributed by atoms with Crippen LogP contribution in [0.2, 0.25) is 5.02 Å². The Hall–Kier alpha value is -1.55. The van der Waals surface area contributed by atoms with E-state index >= 15 is 0 Å². The highest BCUT2D eigenvalue weighted by molar-refractivity contribution is 6.31. The first-order valence-corrected chi connectivity index (χ1v) is 6.84. The van der Waals surface area contributed by atoms with E-state index in [-0.39, 0.29) is 12.6 Å². The van der Waals surface area contributed by atoms with Crippen LogP contribution in [0, 0.1) is 0 Å². The van der Waals surface area contributed by atoms with Crippen LogP contribution in [-0.4, -0.2) is 18.8 Å². The number of rotatable bonds is 6. The highest BCUT2D eigenvalue weighted by Crippen LogP contribution is 2.26. The van der Waals surface area contributed by atoms with Gasteiger partial charge in [0.05, 0.1) is 19.8 Å². The Morgan fingerprint density at radius 1 is 1.15 bits per heavy atom. The van der Waals surface area contributed by atoms with Crippen molar-refractivity contribution in [2.75, 3.05) is 13.7 Å². The van der Waals surface area contributed by atoms with Crippen molar-refractivity contribution in [1.29, 1.82) is 0 Å². The molecule has 4 heteroatoms. The Balaban J connectivity index is 2.11. The summed E-state index contributed by atoms with van der Waals surface area (Å²) in [5.41, 5.74) is 1.94. The number of benzene rings is 2. The molecule has 106 valence electrons.